The van der Waals surface area contributed by atoms with Crippen molar-refractivity contribution in [2.45, 2.75) is 20.3 Å². The van der Waals surface area contributed by atoms with E-state index in [0.29, 0.717) is 23.8 Å². The van der Waals surface area contributed by atoms with Gasteiger partial charge in [0.15, 0.2) is 17.4 Å². The number of phenols is 1. The number of rotatable bonds is 8. The Morgan fingerprint density at radius 1 is 1.02 bits per heavy atom. The second-order valence-corrected chi connectivity index (χ2v) is 10.8. The Labute approximate surface area is 232 Å². The average Bonchev–Trinajstić information content (AvgIpc) is 3.54. The lowest BCUT2D eigenvalue weighted by Crippen LogP contribution is -2.25. The number of esters is 1. The standard InChI is InChI=1S/C30H26F3NO5S/c1-16-11-12-34(15-16)13-14-38-21-9-5-18(6-10-21)27(37)23-22-24(31)25(32)28(39-17(2)35)26(33)30(22)40-29(23)19-3-7-20(36)8-4-19/h3-10,16,36H,11-15H2,1-2H3. The van der Waals surface area contributed by atoms with Crippen LogP contribution in [-0.4, -0.2) is 48.0 Å². The Balaban J connectivity index is 1.52. The molecule has 10 heteroatoms. The van der Waals surface area contributed by atoms with Crippen LogP contribution in [0.3, 0.4) is 0 Å². The summed E-state index contributed by atoms with van der Waals surface area (Å²) in [6.07, 6.45) is 1.17. The van der Waals surface area contributed by atoms with Gasteiger partial charge in [0, 0.05) is 35.8 Å². The first-order valence-electron chi connectivity index (χ1n) is 12.7. The lowest BCUT2D eigenvalue weighted by atomic mass is 9.97. The lowest BCUT2D eigenvalue weighted by molar-refractivity contribution is -0.132. The van der Waals surface area contributed by atoms with E-state index < -0.39 is 40.3 Å². The van der Waals surface area contributed by atoms with Crippen molar-refractivity contribution < 1.29 is 37.3 Å². The minimum absolute atomic E-state index is 0.0480. The number of fused-ring (bicyclic) bond motifs is 1. The van der Waals surface area contributed by atoms with Gasteiger partial charge in [0.25, 0.3) is 0 Å². The molecule has 1 atom stereocenters. The van der Waals surface area contributed by atoms with Crippen molar-refractivity contribution in [1.29, 1.82) is 0 Å². The van der Waals surface area contributed by atoms with Gasteiger partial charge in [-0.05, 0) is 73.0 Å². The fourth-order valence-corrected chi connectivity index (χ4v) is 6.07. The molecule has 2 heterocycles. The Bertz CT molecular complexity index is 1580. The van der Waals surface area contributed by atoms with E-state index in [1.165, 1.54) is 42.8 Å². The topological polar surface area (TPSA) is 76.1 Å². The zero-order valence-corrected chi connectivity index (χ0v) is 22.6. The highest BCUT2D eigenvalue weighted by atomic mass is 32.1. The van der Waals surface area contributed by atoms with Crippen LogP contribution >= 0.6 is 11.3 Å². The molecule has 1 aliphatic heterocycles. The second-order valence-electron chi connectivity index (χ2n) is 9.82. The molecule has 0 aliphatic carbocycles. The summed E-state index contributed by atoms with van der Waals surface area (Å²) in [4.78, 5) is 27.6. The van der Waals surface area contributed by atoms with Crippen LogP contribution < -0.4 is 9.47 Å². The largest absolute Gasteiger partial charge is 0.508 e. The van der Waals surface area contributed by atoms with Gasteiger partial charge in [-0.25, -0.2) is 8.78 Å². The summed E-state index contributed by atoms with van der Waals surface area (Å²) in [5, 5.41) is 9.16. The van der Waals surface area contributed by atoms with Crippen LogP contribution in [0.2, 0.25) is 0 Å². The van der Waals surface area contributed by atoms with Gasteiger partial charge in [0.1, 0.15) is 18.1 Å². The quantitative estimate of drug-likeness (QED) is 0.112. The molecule has 40 heavy (non-hydrogen) atoms. The van der Waals surface area contributed by atoms with Crippen molar-refractivity contribution in [3.8, 4) is 27.7 Å². The van der Waals surface area contributed by atoms with Crippen LogP contribution in [0.15, 0.2) is 48.5 Å². The maximum absolute atomic E-state index is 15.4. The molecule has 6 nitrogen and oxygen atoms in total. The van der Waals surface area contributed by atoms with E-state index >= 15 is 8.78 Å². The number of hydrogen-bond donors (Lipinski definition) is 1. The number of likely N-dealkylation sites (tertiary alicyclic amines) is 1. The molecular formula is C30H26F3NO5S. The van der Waals surface area contributed by atoms with Crippen molar-refractivity contribution in [3.63, 3.8) is 0 Å². The van der Waals surface area contributed by atoms with E-state index in [4.69, 9.17) is 4.74 Å². The molecule has 4 aromatic rings. The van der Waals surface area contributed by atoms with E-state index in [1.807, 2.05) is 0 Å². The highest BCUT2D eigenvalue weighted by Gasteiger charge is 2.31. The van der Waals surface area contributed by atoms with Crippen molar-refractivity contribution >= 4 is 33.2 Å². The highest BCUT2D eigenvalue weighted by molar-refractivity contribution is 7.22. The second kappa shape index (κ2) is 11.3. The minimum atomic E-state index is -1.71. The van der Waals surface area contributed by atoms with Gasteiger partial charge in [-0.15, -0.1) is 11.3 Å². The molecule has 208 valence electrons. The van der Waals surface area contributed by atoms with Gasteiger partial charge in [-0.2, -0.15) is 4.39 Å². The van der Waals surface area contributed by atoms with Crippen molar-refractivity contribution in [1.82, 2.24) is 4.90 Å². The minimum Gasteiger partial charge on any atom is -0.508 e. The van der Waals surface area contributed by atoms with Gasteiger partial charge in [0.05, 0.1) is 10.3 Å². The Hall–Kier alpha value is -3.89. The first-order valence-corrected chi connectivity index (χ1v) is 13.6. The molecule has 3 aromatic carbocycles. The van der Waals surface area contributed by atoms with Crippen LogP contribution in [0.4, 0.5) is 13.2 Å². The molecule has 1 saturated heterocycles. The smallest absolute Gasteiger partial charge is 0.308 e. The van der Waals surface area contributed by atoms with Crippen molar-refractivity contribution in [3.05, 3.63) is 77.1 Å². The van der Waals surface area contributed by atoms with Crippen molar-refractivity contribution in [2.75, 3.05) is 26.2 Å². The van der Waals surface area contributed by atoms with Crippen LogP contribution in [-0.2, 0) is 4.79 Å². The van der Waals surface area contributed by atoms with Crippen LogP contribution in [0.5, 0.6) is 17.2 Å². The molecule has 0 amide bonds. The van der Waals surface area contributed by atoms with Crippen LogP contribution in [0.1, 0.15) is 36.2 Å². The zero-order chi connectivity index (χ0) is 28.6. The third kappa shape index (κ3) is 5.41. The summed E-state index contributed by atoms with van der Waals surface area (Å²) in [6, 6.07) is 11.9. The van der Waals surface area contributed by atoms with Gasteiger partial charge in [0.2, 0.25) is 11.6 Å². The van der Waals surface area contributed by atoms with Gasteiger partial charge in [-0.3, -0.25) is 14.5 Å². The molecule has 1 N–H and O–H groups in total. The van der Waals surface area contributed by atoms with Crippen LogP contribution in [0, 0.1) is 23.4 Å². The number of ketones is 1. The number of carbonyl (C=O) groups excluding carboxylic acids is 2. The Morgan fingerprint density at radius 3 is 2.35 bits per heavy atom. The molecular weight excluding hydrogens is 543 g/mol. The molecule has 5 rings (SSSR count). The fourth-order valence-electron chi connectivity index (χ4n) is 4.84. The number of carbonyl (C=O) groups is 2. The number of halogens is 3. The van der Waals surface area contributed by atoms with E-state index in [-0.39, 0.29) is 26.5 Å². The highest BCUT2D eigenvalue weighted by Crippen LogP contribution is 2.45. The summed E-state index contributed by atoms with van der Waals surface area (Å²) >= 11 is 0.718. The molecule has 0 radical (unpaired) electrons. The van der Waals surface area contributed by atoms with Gasteiger partial charge < -0.3 is 14.6 Å². The monoisotopic (exact) mass is 569 g/mol. The fraction of sp³-hybridized carbons (Fsp3) is 0.267. The molecule has 0 spiro atoms. The molecule has 0 saturated carbocycles. The van der Waals surface area contributed by atoms with Crippen LogP contribution in [0.25, 0.3) is 20.5 Å². The number of aromatic hydroxyl groups is 1. The molecule has 1 fully saturated rings. The summed E-state index contributed by atoms with van der Waals surface area (Å²) in [6.45, 7) is 6.49. The number of ether oxygens (including phenoxy) is 2. The summed E-state index contributed by atoms with van der Waals surface area (Å²) in [7, 11) is 0. The average molecular weight is 570 g/mol. The summed E-state index contributed by atoms with van der Waals surface area (Å²) < 4.78 is 55.8. The summed E-state index contributed by atoms with van der Waals surface area (Å²) in [5.41, 5.74) is 0.295. The maximum atomic E-state index is 15.4. The van der Waals surface area contributed by atoms with Gasteiger partial charge in [-0.1, -0.05) is 6.92 Å². The molecule has 1 aromatic heterocycles. The first kappa shape index (κ1) is 27.7. The number of phenolic OH excluding ortho intramolecular Hbond substituents is 1. The van der Waals surface area contributed by atoms with E-state index in [9.17, 15) is 19.1 Å². The Morgan fingerprint density at radius 2 is 1.73 bits per heavy atom. The third-order valence-electron chi connectivity index (χ3n) is 6.82. The maximum Gasteiger partial charge on any atom is 0.308 e. The zero-order valence-electron chi connectivity index (χ0n) is 21.8. The van der Waals surface area contributed by atoms with Crippen molar-refractivity contribution in [2.24, 2.45) is 5.92 Å². The summed E-state index contributed by atoms with van der Waals surface area (Å²) in [5.74, 6) is -6.19. The number of benzene rings is 3. The van der Waals surface area contributed by atoms with E-state index in [1.54, 1.807) is 12.1 Å². The predicted octanol–water partition coefficient (Wildman–Crippen LogP) is 6.57. The SMILES string of the molecule is CC(=O)Oc1c(F)c(F)c2c(C(=O)c3ccc(OCCN4CCC(C)C4)cc3)c(-c3ccc(O)cc3)sc2c1F. The van der Waals surface area contributed by atoms with E-state index in [2.05, 4.69) is 16.6 Å². The Kier molecular flexibility index (Phi) is 7.82. The molecule has 0 bridgehead atoms. The van der Waals surface area contributed by atoms with E-state index in [0.717, 1.165) is 37.9 Å². The normalized spacial score (nSPS) is 15.5. The lowest BCUT2D eigenvalue weighted by Gasteiger charge is -2.15. The number of nitrogens with zero attached hydrogens (tertiary/aromatic N) is 1. The van der Waals surface area contributed by atoms with Gasteiger partial charge >= 0.3 is 5.97 Å². The third-order valence-corrected chi connectivity index (χ3v) is 8.05. The predicted molar refractivity (Wildman–Crippen MR) is 146 cm³/mol. The number of hydrogen-bond acceptors (Lipinski definition) is 7. The number of thiophene rings is 1. The molecule has 1 aliphatic rings. The first-order chi connectivity index (χ1) is 19.1. The molecule has 1 unspecified atom stereocenters.